The van der Waals surface area contributed by atoms with Crippen LogP contribution in [0.3, 0.4) is 0 Å². The van der Waals surface area contributed by atoms with Gasteiger partial charge in [-0.2, -0.15) is 5.26 Å². The van der Waals surface area contributed by atoms with Crippen molar-refractivity contribution < 1.29 is 9.90 Å². The van der Waals surface area contributed by atoms with Crippen molar-refractivity contribution in [1.29, 1.82) is 5.26 Å². The van der Waals surface area contributed by atoms with E-state index in [1.165, 1.54) is 16.5 Å². The molecule has 0 radical (unpaired) electrons. The molecule has 1 saturated carbocycles. The fourth-order valence-electron chi connectivity index (χ4n) is 5.96. The van der Waals surface area contributed by atoms with Crippen molar-refractivity contribution in [3.05, 3.63) is 59.8 Å². The third-order valence-corrected chi connectivity index (χ3v) is 7.86. The summed E-state index contributed by atoms with van der Waals surface area (Å²) in [5.74, 6) is 0.312. The largest absolute Gasteiger partial charge is 0.393 e. The van der Waals surface area contributed by atoms with Gasteiger partial charge >= 0.3 is 0 Å². The second-order valence-electron chi connectivity index (χ2n) is 11.1. The first kappa shape index (κ1) is 28.4. The van der Waals surface area contributed by atoms with Crippen LogP contribution in [0.5, 0.6) is 0 Å². The number of nitriles is 1. The topological polar surface area (TPSA) is 81.3 Å². The number of anilines is 1. The molecule has 1 aliphatic rings. The molecule has 2 N–H and O–H groups in total. The van der Waals surface area contributed by atoms with Crippen molar-refractivity contribution in [2.24, 2.45) is 18.9 Å². The van der Waals surface area contributed by atoms with Crippen LogP contribution in [0.25, 0.3) is 28.1 Å². The molecule has 1 aliphatic carbocycles. The zero-order valence-corrected chi connectivity index (χ0v) is 23.8. The average molecular weight is 527 g/mol. The second-order valence-corrected chi connectivity index (χ2v) is 11.1. The van der Waals surface area contributed by atoms with E-state index < -0.39 is 0 Å². The van der Waals surface area contributed by atoms with E-state index in [0.717, 1.165) is 55.7 Å². The maximum absolute atomic E-state index is 12.8. The van der Waals surface area contributed by atoms with Crippen LogP contribution in [0.4, 0.5) is 5.69 Å². The summed E-state index contributed by atoms with van der Waals surface area (Å²) in [6.45, 7) is 9.16. The third kappa shape index (κ3) is 6.91. The van der Waals surface area contributed by atoms with Crippen LogP contribution in [0.15, 0.2) is 54.1 Å². The Bertz CT molecular complexity index is 1350. The number of aromatic nitrogens is 1. The highest BCUT2D eigenvalue weighted by molar-refractivity contribution is 6.01. The SMILES string of the molecule is CCCN(CCC)c1ccc2cc(-c3ccc(/C=C(\C#N)C(=O)NCC4CC(C)CC(O)C4)n3C)ccc2c1. The van der Waals surface area contributed by atoms with Gasteiger partial charge in [0.25, 0.3) is 5.91 Å². The van der Waals surface area contributed by atoms with E-state index in [0.29, 0.717) is 18.9 Å². The normalized spacial score (nSPS) is 19.6. The number of aliphatic hydroxyl groups is 1. The standard InChI is InChI=1S/C33H42N4O2/c1-5-13-37(14-6-2)30-10-9-25-18-27(8-7-26(25)19-30)32-12-11-29(36(32)4)20-28(21-34)33(39)35-22-24-15-23(3)16-31(38)17-24/h7-12,18-20,23-24,31,38H,5-6,13-17,22H2,1-4H3,(H,35,39)/b28-20+. The lowest BCUT2D eigenvalue weighted by Gasteiger charge is -2.30. The summed E-state index contributed by atoms with van der Waals surface area (Å²) in [6.07, 6.45) is 6.09. The van der Waals surface area contributed by atoms with Crippen LogP contribution in [0, 0.1) is 23.2 Å². The minimum Gasteiger partial charge on any atom is -0.393 e. The van der Waals surface area contributed by atoms with Crippen LogP contribution in [0.2, 0.25) is 0 Å². The van der Waals surface area contributed by atoms with Crippen molar-refractivity contribution in [1.82, 2.24) is 9.88 Å². The van der Waals surface area contributed by atoms with Crippen LogP contribution in [-0.2, 0) is 11.8 Å². The predicted octanol–water partition coefficient (Wildman–Crippen LogP) is 6.29. The van der Waals surface area contributed by atoms with Gasteiger partial charge in [-0.3, -0.25) is 4.79 Å². The predicted molar refractivity (Wildman–Crippen MR) is 160 cm³/mol. The molecule has 206 valence electrons. The summed E-state index contributed by atoms with van der Waals surface area (Å²) in [5.41, 5.74) is 4.25. The van der Waals surface area contributed by atoms with Crippen molar-refractivity contribution in [3.8, 4) is 17.3 Å². The molecular weight excluding hydrogens is 484 g/mol. The van der Waals surface area contributed by atoms with Gasteiger partial charge in [-0.25, -0.2) is 0 Å². The molecule has 0 saturated heterocycles. The van der Waals surface area contributed by atoms with Crippen molar-refractivity contribution in [2.45, 2.75) is 59.0 Å². The molecule has 1 amide bonds. The smallest absolute Gasteiger partial charge is 0.262 e. The lowest BCUT2D eigenvalue weighted by Crippen LogP contribution is -2.35. The van der Waals surface area contributed by atoms with E-state index in [-0.39, 0.29) is 23.5 Å². The van der Waals surface area contributed by atoms with E-state index in [9.17, 15) is 15.2 Å². The summed E-state index contributed by atoms with van der Waals surface area (Å²) < 4.78 is 2.02. The maximum atomic E-state index is 12.8. The molecule has 3 atom stereocenters. The van der Waals surface area contributed by atoms with E-state index in [2.05, 4.69) is 73.5 Å². The Hall–Kier alpha value is -3.56. The van der Waals surface area contributed by atoms with E-state index >= 15 is 0 Å². The highest BCUT2D eigenvalue weighted by Gasteiger charge is 2.25. The zero-order valence-electron chi connectivity index (χ0n) is 23.8. The summed E-state index contributed by atoms with van der Waals surface area (Å²) in [6, 6.07) is 19.2. The molecule has 0 aliphatic heterocycles. The van der Waals surface area contributed by atoms with Crippen LogP contribution >= 0.6 is 0 Å². The zero-order chi connectivity index (χ0) is 27.9. The summed E-state index contributed by atoms with van der Waals surface area (Å²) in [7, 11) is 1.96. The summed E-state index contributed by atoms with van der Waals surface area (Å²) >= 11 is 0. The molecule has 39 heavy (non-hydrogen) atoms. The molecule has 4 rings (SSSR count). The molecule has 3 aromatic rings. The first-order valence-electron chi connectivity index (χ1n) is 14.4. The second kappa shape index (κ2) is 13.0. The number of nitrogens with one attached hydrogen (secondary N) is 1. The quantitative estimate of drug-likeness (QED) is 0.240. The van der Waals surface area contributed by atoms with Crippen LogP contribution in [0.1, 0.15) is 58.6 Å². The Balaban J connectivity index is 1.50. The van der Waals surface area contributed by atoms with Gasteiger partial charge in [0.05, 0.1) is 6.10 Å². The Kier molecular flexibility index (Phi) is 9.48. The number of carbonyl (C=O) groups is 1. The number of carbonyl (C=O) groups excluding carboxylic acids is 1. The Morgan fingerprint density at radius 2 is 1.79 bits per heavy atom. The number of aliphatic hydroxyl groups excluding tert-OH is 1. The molecule has 0 bridgehead atoms. The number of benzene rings is 2. The van der Waals surface area contributed by atoms with Crippen LogP contribution in [-0.4, -0.2) is 41.3 Å². The van der Waals surface area contributed by atoms with E-state index in [4.69, 9.17) is 0 Å². The van der Waals surface area contributed by atoms with Gasteiger partial charge in [-0.15, -0.1) is 0 Å². The minimum absolute atomic E-state index is 0.0851. The first-order chi connectivity index (χ1) is 18.8. The van der Waals surface area contributed by atoms with Crippen molar-refractivity contribution in [3.63, 3.8) is 0 Å². The number of nitrogens with zero attached hydrogens (tertiary/aromatic N) is 3. The molecule has 1 fully saturated rings. The summed E-state index contributed by atoms with van der Waals surface area (Å²) in [5, 5.41) is 25.1. The monoisotopic (exact) mass is 526 g/mol. The van der Waals surface area contributed by atoms with E-state index in [1.54, 1.807) is 6.08 Å². The lowest BCUT2D eigenvalue weighted by molar-refractivity contribution is -0.117. The number of rotatable bonds is 10. The maximum Gasteiger partial charge on any atom is 0.262 e. The molecule has 1 heterocycles. The highest BCUT2D eigenvalue weighted by atomic mass is 16.3. The van der Waals surface area contributed by atoms with Crippen molar-refractivity contribution >= 4 is 28.4 Å². The molecule has 1 aromatic heterocycles. The molecule has 6 nitrogen and oxygen atoms in total. The summed E-state index contributed by atoms with van der Waals surface area (Å²) in [4.78, 5) is 15.2. The van der Waals surface area contributed by atoms with Gasteiger partial charge in [-0.1, -0.05) is 39.0 Å². The van der Waals surface area contributed by atoms with Gasteiger partial charge < -0.3 is 19.9 Å². The van der Waals surface area contributed by atoms with Gasteiger partial charge in [-0.05, 0) is 96.7 Å². The van der Waals surface area contributed by atoms with E-state index in [1.807, 2.05) is 23.7 Å². The Morgan fingerprint density at radius 3 is 2.49 bits per heavy atom. The average Bonchev–Trinajstić information content (AvgIpc) is 3.28. The molecule has 2 aromatic carbocycles. The molecular formula is C33H42N4O2. The number of hydrogen-bond donors (Lipinski definition) is 2. The molecule has 6 heteroatoms. The number of fused-ring (bicyclic) bond motifs is 1. The highest BCUT2D eigenvalue weighted by Crippen LogP contribution is 2.30. The first-order valence-corrected chi connectivity index (χ1v) is 14.4. The van der Waals surface area contributed by atoms with Gasteiger partial charge in [0, 0.05) is 43.8 Å². The fraction of sp³-hybridized carbons (Fsp3) is 0.455. The Labute approximate surface area is 232 Å². The third-order valence-electron chi connectivity index (χ3n) is 7.86. The lowest BCUT2D eigenvalue weighted by atomic mass is 9.81. The number of hydrogen-bond acceptors (Lipinski definition) is 4. The van der Waals surface area contributed by atoms with Gasteiger partial charge in [0.2, 0.25) is 0 Å². The Morgan fingerprint density at radius 1 is 1.08 bits per heavy atom. The van der Waals surface area contributed by atoms with Crippen LogP contribution < -0.4 is 10.2 Å². The molecule has 3 unspecified atom stereocenters. The van der Waals surface area contributed by atoms with Gasteiger partial charge in [0.15, 0.2) is 0 Å². The minimum atomic E-state index is -0.366. The van der Waals surface area contributed by atoms with Gasteiger partial charge in [0.1, 0.15) is 11.6 Å². The van der Waals surface area contributed by atoms with Crippen molar-refractivity contribution in [2.75, 3.05) is 24.5 Å². The fourth-order valence-corrected chi connectivity index (χ4v) is 5.96. The molecule has 0 spiro atoms. The number of amides is 1.